The summed E-state index contributed by atoms with van der Waals surface area (Å²) in [4.78, 5) is 14.6. The number of amides is 1. The number of nitrogens with one attached hydrogen (secondary N) is 1. The van der Waals surface area contributed by atoms with Crippen LogP contribution in [0.15, 0.2) is 47.2 Å². The molecule has 3 N–H and O–H groups in total. The summed E-state index contributed by atoms with van der Waals surface area (Å²) < 4.78 is 11.1. The van der Waals surface area contributed by atoms with Crippen LogP contribution in [-0.4, -0.2) is 47.4 Å². The number of allylic oxidation sites excluding steroid dienone is 1. The smallest absolute Gasteiger partial charge is 0.453 e. The minimum Gasteiger partial charge on any atom is -0.464 e. The van der Waals surface area contributed by atoms with Crippen LogP contribution in [0, 0.1) is 0 Å². The molecule has 3 rings (SSSR count). The van der Waals surface area contributed by atoms with Crippen molar-refractivity contribution in [3.63, 3.8) is 0 Å². The van der Waals surface area contributed by atoms with Crippen LogP contribution in [0.2, 0.25) is 6.32 Å². The second-order valence-electron chi connectivity index (χ2n) is 6.75. The number of benzene rings is 1. The van der Waals surface area contributed by atoms with Gasteiger partial charge in [0.15, 0.2) is 0 Å². The van der Waals surface area contributed by atoms with E-state index in [0.717, 1.165) is 24.8 Å². The average Bonchev–Trinajstić information content (AvgIpc) is 3.05. The summed E-state index contributed by atoms with van der Waals surface area (Å²) in [6, 6.07) is 6.78. The highest BCUT2D eigenvalue weighted by Crippen LogP contribution is 2.29. The Morgan fingerprint density at radius 3 is 3.07 bits per heavy atom. The third-order valence-corrected chi connectivity index (χ3v) is 4.67. The predicted octanol–water partition coefficient (Wildman–Crippen LogP) is 2.67. The number of nitrogens with zero attached hydrogens (tertiary/aromatic N) is 1. The molecule has 0 spiro atoms. The molecule has 1 saturated heterocycles. The standard InChI is InChI=1S/C19H25BN2O5/c1-2-9-22-10-5-6-14(12-22)27-19(23)21-17(11-20(24)25)16-13-26-18-8-4-3-7-15(16)18/h2-4,7-9,13-14,17,24-25H,5-6,10-12H2,1H3,(H,21,23)/t14-,17+/m0/s1. The first-order valence-corrected chi connectivity index (χ1v) is 9.23. The molecule has 8 heteroatoms. The van der Waals surface area contributed by atoms with Gasteiger partial charge in [-0.05, 0) is 32.0 Å². The van der Waals surface area contributed by atoms with Crippen LogP contribution in [0.4, 0.5) is 4.79 Å². The van der Waals surface area contributed by atoms with Crippen LogP contribution >= 0.6 is 0 Å². The van der Waals surface area contributed by atoms with E-state index in [1.54, 1.807) is 0 Å². The van der Waals surface area contributed by atoms with Crippen molar-refractivity contribution in [1.29, 1.82) is 0 Å². The summed E-state index contributed by atoms with van der Waals surface area (Å²) in [6.07, 6.45) is 6.42. The molecule has 0 unspecified atom stereocenters. The SMILES string of the molecule is CC=CN1CCC[C@H](OC(=O)N[C@H](CB(O)O)c2coc3ccccc23)C1. The Hall–Kier alpha value is -2.45. The molecule has 1 amide bonds. The molecule has 0 radical (unpaired) electrons. The molecule has 2 aromatic rings. The summed E-state index contributed by atoms with van der Waals surface area (Å²) in [5.41, 5.74) is 1.37. The fourth-order valence-electron chi connectivity index (χ4n) is 3.48. The average molecular weight is 372 g/mol. The molecular weight excluding hydrogens is 347 g/mol. The van der Waals surface area contributed by atoms with Gasteiger partial charge in [-0.25, -0.2) is 4.79 Å². The molecule has 1 aliphatic heterocycles. The highest BCUT2D eigenvalue weighted by molar-refractivity contribution is 6.41. The number of rotatable bonds is 6. The van der Waals surface area contributed by atoms with Gasteiger partial charge in [-0.2, -0.15) is 0 Å². The summed E-state index contributed by atoms with van der Waals surface area (Å²) in [7, 11) is -1.57. The fourth-order valence-corrected chi connectivity index (χ4v) is 3.48. The van der Waals surface area contributed by atoms with Gasteiger partial charge in [0.2, 0.25) is 0 Å². The molecule has 2 heterocycles. The normalized spacial score (nSPS) is 18.6. The molecule has 144 valence electrons. The summed E-state index contributed by atoms with van der Waals surface area (Å²) in [5.74, 6) is 0. The molecule has 0 aliphatic carbocycles. The number of alkyl carbamates (subject to hydrolysis) is 1. The number of likely N-dealkylation sites (tertiary alicyclic amines) is 1. The highest BCUT2D eigenvalue weighted by Gasteiger charge is 2.27. The van der Waals surface area contributed by atoms with Crippen molar-refractivity contribution >= 4 is 24.2 Å². The van der Waals surface area contributed by atoms with Crippen LogP contribution in [0.25, 0.3) is 11.0 Å². The Labute approximate surface area is 158 Å². The number of ether oxygens (including phenoxy) is 1. The van der Waals surface area contributed by atoms with Crippen molar-refractivity contribution < 1.29 is 24.0 Å². The molecule has 1 aromatic heterocycles. The second kappa shape index (κ2) is 8.97. The maximum Gasteiger partial charge on any atom is 0.453 e. The third-order valence-electron chi connectivity index (χ3n) is 4.67. The first kappa shape index (κ1) is 19.3. The zero-order valence-electron chi connectivity index (χ0n) is 15.4. The van der Waals surface area contributed by atoms with E-state index in [0.29, 0.717) is 17.7 Å². The minimum atomic E-state index is -1.57. The second-order valence-corrected chi connectivity index (χ2v) is 6.75. The Morgan fingerprint density at radius 1 is 1.48 bits per heavy atom. The van der Waals surface area contributed by atoms with Gasteiger partial charge in [-0.3, -0.25) is 0 Å². The minimum absolute atomic E-state index is 0.0615. The van der Waals surface area contributed by atoms with Gasteiger partial charge in [-0.1, -0.05) is 24.3 Å². The van der Waals surface area contributed by atoms with Gasteiger partial charge in [-0.15, -0.1) is 0 Å². The maximum absolute atomic E-state index is 12.4. The largest absolute Gasteiger partial charge is 0.464 e. The van der Waals surface area contributed by atoms with E-state index in [-0.39, 0.29) is 12.4 Å². The molecule has 1 fully saturated rings. The fraction of sp³-hybridized carbons (Fsp3) is 0.421. The van der Waals surface area contributed by atoms with Gasteiger partial charge >= 0.3 is 13.2 Å². The van der Waals surface area contributed by atoms with Crippen LogP contribution in [0.5, 0.6) is 0 Å². The van der Waals surface area contributed by atoms with Crippen molar-refractivity contribution in [2.75, 3.05) is 13.1 Å². The summed E-state index contributed by atoms with van der Waals surface area (Å²) >= 11 is 0. The van der Waals surface area contributed by atoms with Crippen LogP contribution in [0.1, 0.15) is 31.4 Å². The number of fused-ring (bicyclic) bond motifs is 1. The molecule has 7 nitrogen and oxygen atoms in total. The zero-order valence-corrected chi connectivity index (χ0v) is 15.4. The number of hydrogen-bond acceptors (Lipinski definition) is 6. The number of piperidine rings is 1. The van der Waals surface area contributed by atoms with E-state index in [1.165, 1.54) is 6.26 Å². The predicted molar refractivity (Wildman–Crippen MR) is 103 cm³/mol. The first-order valence-electron chi connectivity index (χ1n) is 9.23. The number of para-hydroxylation sites is 1. The van der Waals surface area contributed by atoms with Crippen molar-refractivity contribution in [3.05, 3.63) is 48.4 Å². The lowest BCUT2D eigenvalue weighted by Gasteiger charge is -2.31. The van der Waals surface area contributed by atoms with Crippen molar-refractivity contribution in [2.24, 2.45) is 0 Å². The molecule has 2 atom stereocenters. The van der Waals surface area contributed by atoms with Crippen molar-refractivity contribution in [1.82, 2.24) is 10.2 Å². The zero-order chi connectivity index (χ0) is 19.2. The van der Waals surface area contributed by atoms with E-state index in [4.69, 9.17) is 9.15 Å². The lowest BCUT2D eigenvalue weighted by molar-refractivity contribution is 0.0548. The Balaban J connectivity index is 1.68. The lowest BCUT2D eigenvalue weighted by atomic mass is 9.79. The molecule has 1 aliphatic rings. The molecule has 0 bridgehead atoms. The number of hydrogen-bond donors (Lipinski definition) is 3. The van der Waals surface area contributed by atoms with Crippen LogP contribution < -0.4 is 5.32 Å². The van der Waals surface area contributed by atoms with Gasteiger partial charge in [0.1, 0.15) is 11.7 Å². The Kier molecular flexibility index (Phi) is 6.42. The number of carbonyl (C=O) groups excluding carboxylic acids is 1. The molecule has 0 saturated carbocycles. The van der Waals surface area contributed by atoms with E-state index >= 15 is 0 Å². The highest BCUT2D eigenvalue weighted by atomic mass is 16.6. The first-order chi connectivity index (χ1) is 13.1. The maximum atomic E-state index is 12.4. The van der Waals surface area contributed by atoms with Crippen LogP contribution in [0.3, 0.4) is 0 Å². The van der Waals surface area contributed by atoms with Gasteiger partial charge in [0, 0.05) is 23.8 Å². The summed E-state index contributed by atoms with van der Waals surface area (Å²) in [6.45, 7) is 3.56. The Morgan fingerprint density at radius 2 is 2.30 bits per heavy atom. The van der Waals surface area contributed by atoms with E-state index in [2.05, 4.69) is 10.2 Å². The van der Waals surface area contributed by atoms with E-state index < -0.39 is 19.3 Å². The van der Waals surface area contributed by atoms with E-state index in [9.17, 15) is 14.8 Å². The topological polar surface area (TPSA) is 95.2 Å². The molecule has 27 heavy (non-hydrogen) atoms. The summed E-state index contributed by atoms with van der Waals surface area (Å²) in [5, 5.41) is 22.5. The van der Waals surface area contributed by atoms with Crippen molar-refractivity contribution in [2.45, 2.75) is 38.2 Å². The quantitative estimate of drug-likeness (QED) is 0.675. The molecule has 1 aromatic carbocycles. The molecular formula is C19H25BN2O5. The third kappa shape index (κ3) is 5.05. The van der Waals surface area contributed by atoms with E-state index in [1.807, 2.05) is 43.5 Å². The van der Waals surface area contributed by atoms with Gasteiger partial charge in [0.05, 0.1) is 18.8 Å². The lowest BCUT2D eigenvalue weighted by Crippen LogP contribution is -2.41. The van der Waals surface area contributed by atoms with Gasteiger partial charge in [0.25, 0.3) is 0 Å². The van der Waals surface area contributed by atoms with Crippen LogP contribution in [-0.2, 0) is 4.74 Å². The monoisotopic (exact) mass is 372 g/mol. The Bertz CT molecular complexity index is 791. The number of furan rings is 1. The number of carbonyl (C=O) groups is 1. The van der Waals surface area contributed by atoms with Crippen molar-refractivity contribution in [3.8, 4) is 0 Å². The van der Waals surface area contributed by atoms with Gasteiger partial charge < -0.3 is 29.4 Å².